The van der Waals surface area contributed by atoms with Crippen LogP contribution in [0.5, 0.6) is 0 Å². The number of benzene rings is 2. The number of urea groups is 2. The van der Waals surface area contributed by atoms with Crippen LogP contribution in [0, 0.1) is 0 Å². The first-order valence-corrected chi connectivity index (χ1v) is 13.2. The molecule has 0 bridgehead atoms. The molecule has 2 aliphatic rings. The number of nitrogens with zero attached hydrogens (tertiary/aromatic N) is 4. The van der Waals surface area contributed by atoms with E-state index in [2.05, 4.69) is 4.99 Å². The Bertz CT molecular complexity index is 1290. The van der Waals surface area contributed by atoms with E-state index in [0.29, 0.717) is 31.7 Å². The average Bonchev–Trinajstić information content (AvgIpc) is 3.68. The number of imide groups is 1. The number of hydrogen-bond donors (Lipinski definition) is 0. The summed E-state index contributed by atoms with van der Waals surface area (Å²) in [6.07, 6.45) is 3.32. The van der Waals surface area contributed by atoms with Gasteiger partial charge in [-0.3, -0.25) is 9.59 Å². The Morgan fingerprint density at radius 1 is 0.846 bits per heavy atom. The predicted molar refractivity (Wildman–Crippen MR) is 146 cm³/mol. The summed E-state index contributed by atoms with van der Waals surface area (Å²) < 4.78 is 0. The quantitative estimate of drug-likeness (QED) is 0.399. The monoisotopic (exact) mass is 528 g/mol. The molecular weight excluding hydrogens is 496 g/mol. The highest BCUT2D eigenvalue weighted by Crippen LogP contribution is 2.30. The fourth-order valence-electron chi connectivity index (χ4n) is 5.00. The van der Waals surface area contributed by atoms with Gasteiger partial charge >= 0.3 is 12.1 Å². The molecule has 1 unspecified atom stereocenters. The van der Waals surface area contributed by atoms with Crippen LogP contribution in [0.1, 0.15) is 49.7 Å². The third-order valence-electron chi connectivity index (χ3n) is 7.00. The molecule has 2 heterocycles. The summed E-state index contributed by atoms with van der Waals surface area (Å²) in [4.78, 5) is 74.1. The third kappa shape index (κ3) is 6.56. The van der Waals surface area contributed by atoms with Crippen molar-refractivity contribution in [3.8, 4) is 0 Å². The molecule has 9 heteroatoms. The van der Waals surface area contributed by atoms with E-state index in [4.69, 9.17) is 0 Å². The maximum absolute atomic E-state index is 14.3. The summed E-state index contributed by atoms with van der Waals surface area (Å²) in [5.74, 6) is -0.963. The molecule has 0 aromatic heterocycles. The van der Waals surface area contributed by atoms with Gasteiger partial charge in [-0.1, -0.05) is 60.7 Å². The molecule has 0 saturated carbocycles. The van der Waals surface area contributed by atoms with Crippen LogP contribution in [0.3, 0.4) is 0 Å². The minimum atomic E-state index is -1.37. The van der Waals surface area contributed by atoms with Crippen molar-refractivity contribution in [2.45, 2.75) is 44.9 Å². The van der Waals surface area contributed by atoms with E-state index in [1.165, 1.54) is 11.8 Å². The molecule has 5 amide bonds. The number of allylic oxidation sites excluding steroid dienone is 1. The zero-order valence-electron chi connectivity index (χ0n) is 22.0. The number of aliphatic imine (C=N–C) groups is 1. The first-order chi connectivity index (χ1) is 18.9. The van der Waals surface area contributed by atoms with Gasteiger partial charge in [-0.2, -0.15) is 4.99 Å². The Balaban J connectivity index is 1.79. The SMILES string of the molecule is CC(=O)N(C(=O)N1CCCC1)C(=C=O)C(C(=O)C(Cc1ccccc1)=NC(=O)N1CCCC1)c1ccccc1. The Hall–Kier alpha value is -4.36. The van der Waals surface area contributed by atoms with Crippen molar-refractivity contribution in [2.24, 2.45) is 4.99 Å². The van der Waals surface area contributed by atoms with Crippen LogP contribution in [0.2, 0.25) is 0 Å². The van der Waals surface area contributed by atoms with Crippen molar-refractivity contribution in [1.29, 1.82) is 0 Å². The van der Waals surface area contributed by atoms with Gasteiger partial charge in [0, 0.05) is 39.5 Å². The lowest BCUT2D eigenvalue weighted by molar-refractivity contribution is -0.125. The lowest BCUT2D eigenvalue weighted by Crippen LogP contribution is -2.46. The average molecular weight is 529 g/mol. The topological polar surface area (TPSA) is 107 Å². The first kappa shape index (κ1) is 27.7. The number of rotatable bonds is 7. The smallest absolute Gasteiger partial charge is 0.324 e. The van der Waals surface area contributed by atoms with E-state index in [1.807, 2.05) is 30.3 Å². The minimum Gasteiger partial charge on any atom is -0.324 e. The van der Waals surface area contributed by atoms with Crippen LogP contribution < -0.4 is 0 Å². The maximum atomic E-state index is 14.3. The second-order valence-corrected chi connectivity index (χ2v) is 9.72. The third-order valence-corrected chi connectivity index (χ3v) is 7.00. The lowest BCUT2D eigenvalue weighted by Gasteiger charge is -2.29. The molecule has 2 fully saturated rings. The second kappa shape index (κ2) is 12.9. The normalized spacial score (nSPS) is 16.0. The Labute approximate surface area is 227 Å². The van der Waals surface area contributed by atoms with Crippen molar-refractivity contribution in [1.82, 2.24) is 14.7 Å². The van der Waals surface area contributed by atoms with Crippen molar-refractivity contribution in [3.63, 3.8) is 0 Å². The van der Waals surface area contributed by atoms with Gasteiger partial charge in [0.2, 0.25) is 5.91 Å². The fraction of sp³-hybridized carbons (Fsp3) is 0.367. The molecule has 4 rings (SSSR count). The van der Waals surface area contributed by atoms with Crippen LogP contribution in [0.25, 0.3) is 0 Å². The number of Topliss-reactive ketones (excluding diaryl/α,β-unsaturated/α-hetero) is 1. The van der Waals surface area contributed by atoms with E-state index in [9.17, 15) is 24.0 Å². The standard InChI is InChI=1S/C30H32N4O5/c1-22(36)34(30(39)33-18-10-11-19-33)26(21-35)27(24-14-6-3-7-15-24)28(37)25(20-23-12-4-2-5-13-23)31-29(38)32-16-8-9-17-32/h2-7,12-15,27H,8-11,16-20H2,1H3. The van der Waals surface area contributed by atoms with Gasteiger partial charge in [0.25, 0.3) is 0 Å². The highest BCUT2D eigenvalue weighted by Gasteiger charge is 2.39. The highest BCUT2D eigenvalue weighted by molar-refractivity contribution is 6.44. The van der Waals surface area contributed by atoms with E-state index < -0.39 is 35.4 Å². The molecule has 202 valence electrons. The summed E-state index contributed by atoms with van der Waals surface area (Å²) in [6.45, 7) is 3.18. The van der Waals surface area contributed by atoms with Crippen LogP contribution in [-0.2, 0) is 20.8 Å². The summed E-state index contributed by atoms with van der Waals surface area (Å²) in [7, 11) is 0. The molecular formula is C30H32N4O5. The number of amides is 5. The minimum absolute atomic E-state index is 0.0366. The molecule has 39 heavy (non-hydrogen) atoms. The number of ketones is 1. The molecule has 0 N–H and O–H groups in total. The molecule has 2 aliphatic heterocycles. The van der Waals surface area contributed by atoms with E-state index >= 15 is 0 Å². The van der Waals surface area contributed by atoms with E-state index in [1.54, 1.807) is 41.2 Å². The molecule has 2 aromatic carbocycles. The number of likely N-dealkylation sites (tertiary alicyclic amines) is 2. The maximum Gasteiger partial charge on any atom is 0.343 e. The van der Waals surface area contributed by atoms with Crippen molar-refractivity contribution >= 4 is 35.4 Å². The number of carbonyl (C=O) groups excluding carboxylic acids is 5. The summed E-state index contributed by atoms with van der Waals surface area (Å²) in [6, 6.07) is 16.3. The van der Waals surface area contributed by atoms with Crippen LogP contribution in [-0.4, -0.2) is 76.3 Å². The van der Waals surface area contributed by atoms with Gasteiger partial charge < -0.3 is 9.80 Å². The molecule has 0 spiro atoms. The lowest BCUT2D eigenvalue weighted by atomic mass is 9.87. The highest BCUT2D eigenvalue weighted by atomic mass is 16.2. The molecule has 9 nitrogen and oxygen atoms in total. The second-order valence-electron chi connectivity index (χ2n) is 9.72. The van der Waals surface area contributed by atoms with Crippen molar-refractivity contribution < 1.29 is 24.0 Å². The Morgan fingerprint density at radius 3 is 1.92 bits per heavy atom. The first-order valence-electron chi connectivity index (χ1n) is 13.2. The fourth-order valence-corrected chi connectivity index (χ4v) is 5.00. The Morgan fingerprint density at radius 2 is 1.38 bits per heavy atom. The number of carbonyl (C=O) groups is 4. The summed E-state index contributed by atoms with van der Waals surface area (Å²) in [5, 5.41) is 0. The van der Waals surface area contributed by atoms with Crippen LogP contribution >= 0.6 is 0 Å². The van der Waals surface area contributed by atoms with Crippen LogP contribution in [0.4, 0.5) is 9.59 Å². The van der Waals surface area contributed by atoms with Crippen molar-refractivity contribution in [2.75, 3.05) is 26.2 Å². The molecule has 2 saturated heterocycles. The van der Waals surface area contributed by atoms with Crippen LogP contribution in [0.15, 0.2) is 71.4 Å². The summed E-state index contributed by atoms with van der Waals surface area (Å²) in [5.41, 5.74) is 0.663. The molecule has 0 radical (unpaired) electrons. The number of hydrogen-bond acceptors (Lipinski definition) is 5. The molecule has 2 aromatic rings. The van der Waals surface area contributed by atoms with E-state index in [-0.39, 0.29) is 12.1 Å². The van der Waals surface area contributed by atoms with Gasteiger partial charge in [-0.15, -0.1) is 0 Å². The van der Waals surface area contributed by atoms with Gasteiger partial charge in [0.1, 0.15) is 17.6 Å². The Kier molecular flexibility index (Phi) is 9.18. The van der Waals surface area contributed by atoms with Crippen molar-refractivity contribution in [3.05, 3.63) is 77.5 Å². The largest absolute Gasteiger partial charge is 0.343 e. The summed E-state index contributed by atoms with van der Waals surface area (Å²) >= 11 is 0. The predicted octanol–water partition coefficient (Wildman–Crippen LogP) is 4.02. The van der Waals surface area contributed by atoms with E-state index in [0.717, 1.165) is 36.1 Å². The zero-order valence-corrected chi connectivity index (χ0v) is 22.0. The zero-order chi connectivity index (χ0) is 27.8. The van der Waals surface area contributed by atoms with Gasteiger partial charge in [-0.25, -0.2) is 19.3 Å². The molecule has 0 aliphatic carbocycles. The van der Waals surface area contributed by atoms with Gasteiger partial charge in [0.15, 0.2) is 5.78 Å². The molecule has 1 atom stereocenters. The van der Waals surface area contributed by atoms with Gasteiger partial charge in [-0.05, 0) is 36.8 Å². The van der Waals surface area contributed by atoms with Gasteiger partial charge in [0.05, 0.1) is 5.71 Å².